The largest absolute Gasteiger partial charge is 0.297 e. The minimum Gasteiger partial charge on any atom is -0.297 e. The van der Waals surface area contributed by atoms with Gasteiger partial charge < -0.3 is 0 Å². The lowest BCUT2D eigenvalue weighted by molar-refractivity contribution is 0.0393. The number of nitrogens with two attached hydrogens (primary N) is 1. The molecule has 0 heterocycles. The van der Waals surface area contributed by atoms with Crippen molar-refractivity contribution in [1.82, 2.24) is 10.3 Å². The van der Waals surface area contributed by atoms with Crippen LogP contribution in [0.4, 0.5) is 0 Å². The molecule has 0 aliphatic rings. The van der Waals surface area contributed by atoms with Crippen LogP contribution >= 0.6 is 0 Å². The summed E-state index contributed by atoms with van der Waals surface area (Å²) >= 11 is 0. The number of likely N-dealkylation sites (N-methyl/N-ethyl adjacent to an activating group) is 1. The molecule has 19 heavy (non-hydrogen) atoms. The summed E-state index contributed by atoms with van der Waals surface area (Å²) in [5.74, 6) is 6.71. The maximum absolute atomic E-state index is 5.94. The van der Waals surface area contributed by atoms with E-state index in [0.29, 0.717) is 6.04 Å². The molecule has 0 saturated carbocycles. The van der Waals surface area contributed by atoms with Gasteiger partial charge in [0.15, 0.2) is 0 Å². The Morgan fingerprint density at radius 2 is 1.42 bits per heavy atom. The molecule has 0 aromatic heterocycles. The molecule has 0 bridgehead atoms. The van der Waals surface area contributed by atoms with Gasteiger partial charge >= 0.3 is 0 Å². The van der Waals surface area contributed by atoms with Gasteiger partial charge in [0.2, 0.25) is 0 Å². The Hall–Kier alpha value is -0.120. The second-order valence-electron chi connectivity index (χ2n) is 5.62. The summed E-state index contributed by atoms with van der Waals surface area (Å²) in [6.45, 7) is 15.9. The van der Waals surface area contributed by atoms with Gasteiger partial charge in [0.1, 0.15) is 0 Å². The van der Waals surface area contributed by atoms with E-state index >= 15 is 0 Å². The van der Waals surface area contributed by atoms with Crippen LogP contribution in [0, 0.1) is 5.92 Å². The average molecular weight is 271 g/mol. The van der Waals surface area contributed by atoms with E-state index in [1.165, 1.54) is 19.3 Å². The van der Waals surface area contributed by atoms with Gasteiger partial charge in [-0.3, -0.25) is 16.2 Å². The number of hydrogen-bond donors (Lipinski definition) is 2. The van der Waals surface area contributed by atoms with Gasteiger partial charge in [-0.05, 0) is 38.3 Å². The van der Waals surface area contributed by atoms with Gasteiger partial charge in [0.05, 0.1) is 0 Å². The molecule has 0 rings (SSSR count). The van der Waals surface area contributed by atoms with Crippen molar-refractivity contribution < 1.29 is 0 Å². The summed E-state index contributed by atoms with van der Waals surface area (Å²) in [6, 6.07) is 0.382. The second-order valence-corrected chi connectivity index (χ2v) is 5.62. The van der Waals surface area contributed by atoms with E-state index in [4.69, 9.17) is 5.84 Å². The molecule has 116 valence electrons. The highest BCUT2D eigenvalue weighted by Crippen LogP contribution is 2.32. The summed E-state index contributed by atoms with van der Waals surface area (Å²) in [7, 11) is 0. The third-order valence-corrected chi connectivity index (χ3v) is 5.19. The highest BCUT2D eigenvalue weighted by Gasteiger charge is 2.39. The van der Waals surface area contributed by atoms with Crippen molar-refractivity contribution in [3.63, 3.8) is 0 Å². The quantitative estimate of drug-likeness (QED) is 0.446. The summed E-state index contributed by atoms with van der Waals surface area (Å²) < 4.78 is 0. The lowest BCUT2D eigenvalue weighted by Crippen LogP contribution is -2.62. The second kappa shape index (κ2) is 9.73. The summed E-state index contributed by atoms with van der Waals surface area (Å²) in [5.41, 5.74) is 3.35. The predicted octanol–water partition coefficient (Wildman–Crippen LogP) is 3.55. The zero-order valence-electron chi connectivity index (χ0n) is 14.1. The van der Waals surface area contributed by atoms with E-state index < -0.39 is 0 Å². The maximum atomic E-state index is 5.94. The van der Waals surface area contributed by atoms with Crippen molar-refractivity contribution in [2.75, 3.05) is 13.1 Å². The molecule has 0 fully saturated rings. The molecule has 3 nitrogen and oxygen atoms in total. The number of nitrogens with zero attached hydrogens (tertiary/aromatic N) is 1. The van der Waals surface area contributed by atoms with Gasteiger partial charge in [0.25, 0.3) is 0 Å². The lowest BCUT2D eigenvalue weighted by atomic mass is 9.77. The minimum atomic E-state index is 0.195. The normalized spacial score (nSPS) is 14.4. The molecular formula is C16H37N3. The molecule has 0 aromatic rings. The monoisotopic (exact) mass is 271 g/mol. The standard InChI is InChI=1S/C16H37N3/c1-7-14(8-2)13-15(18-17)16(9-3,10-4)19(11-5)12-6/h14-15,18H,7-13,17H2,1-6H3. The van der Waals surface area contributed by atoms with Crippen LogP contribution in [0.1, 0.15) is 73.6 Å². The Bertz CT molecular complexity index is 206. The maximum Gasteiger partial charge on any atom is 0.0397 e. The van der Waals surface area contributed by atoms with Crippen LogP contribution in [0.2, 0.25) is 0 Å². The first-order chi connectivity index (χ1) is 9.09. The summed E-state index contributed by atoms with van der Waals surface area (Å²) in [6.07, 6.45) is 5.98. The van der Waals surface area contributed by atoms with E-state index in [1.54, 1.807) is 0 Å². The van der Waals surface area contributed by atoms with Crippen molar-refractivity contribution in [3.05, 3.63) is 0 Å². The van der Waals surface area contributed by atoms with Gasteiger partial charge in [0, 0.05) is 11.6 Å². The zero-order valence-corrected chi connectivity index (χ0v) is 14.1. The van der Waals surface area contributed by atoms with Crippen LogP contribution in [0.3, 0.4) is 0 Å². The molecule has 1 unspecified atom stereocenters. The molecule has 3 N–H and O–H groups in total. The Morgan fingerprint density at radius 1 is 0.947 bits per heavy atom. The Kier molecular flexibility index (Phi) is 9.67. The molecule has 0 saturated heterocycles. The third kappa shape index (κ3) is 4.44. The van der Waals surface area contributed by atoms with Crippen molar-refractivity contribution in [2.24, 2.45) is 11.8 Å². The molecule has 0 spiro atoms. The van der Waals surface area contributed by atoms with Gasteiger partial charge in [-0.2, -0.15) is 0 Å². The van der Waals surface area contributed by atoms with E-state index in [0.717, 1.165) is 31.8 Å². The highest BCUT2D eigenvalue weighted by atomic mass is 15.3. The first-order valence-electron chi connectivity index (χ1n) is 8.30. The molecule has 0 aromatic carbocycles. The first-order valence-corrected chi connectivity index (χ1v) is 8.30. The molecular weight excluding hydrogens is 234 g/mol. The Balaban J connectivity index is 5.18. The fraction of sp³-hybridized carbons (Fsp3) is 1.00. The molecule has 3 heteroatoms. The number of hydrazine groups is 1. The van der Waals surface area contributed by atoms with Crippen LogP contribution < -0.4 is 11.3 Å². The van der Waals surface area contributed by atoms with Crippen molar-refractivity contribution in [1.29, 1.82) is 0 Å². The molecule has 0 amide bonds. The lowest BCUT2D eigenvalue weighted by Gasteiger charge is -2.48. The fourth-order valence-electron chi connectivity index (χ4n) is 3.66. The Labute approximate surface area is 121 Å². The van der Waals surface area contributed by atoms with E-state index in [-0.39, 0.29) is 5.54 Å². The fourth-order valence-corrected chi connectivity index (χ4v) is 3.66. The van der Waals surface area contributed by atoms with Gasteiger partial charge in [-0.1, -0.05) is 54.4 Å². The third-order valence-electron chi connectivity index (χ3n) is 5.19. The summed E-state index contributed by atoms with van der Waals surface area (Å²) in [5, 5.41) is 0. The van der Waals surface area contributed by atoms with Crippen LogP contribution in [-0.2, 0) is 0 Å². The molecule has 0 aliphatic heterocycles. The van der Waals surface area contributed by atoms with Gasteiger partial charge in [-0.15, -0.1) is 0 Å². The molecule has 0 radical (unpaired) electrons. The van der Waals surface area contributed by atoms with Crippen LogP contribution in [0.15, 0.2) is 0 Å². The smallest absolute Gasteiger partial charge is 0.0397 e. The number of hydrogen-bond acceptors (Lipinski definition) is 3. The average Bonchev–Trinajstić information content (AvgIpc) is 2.47. The predicted molar refractivity (Wildman–Crippen MR) is 86.0 cm³/mol. The van der Waals surface area contributed by atoms with Gasteiger partial charge in [-0.25, -0.2) is 0 Å². The highest BCUT2D eigenvalue weighted by molar-refractivity contribution is 4.98. The SMILES string of the molecule is CCC(CC)CC(NN)C(CC)(CC)N(CC)CC. The molecule has 0 aliphatic carbocycles. The van der Waals surface area contributed by atoms with Crippen molar-refractivity contribution in [2.45, 2.75) is 85.2 Å². The van der Waals surface area contributed by atoms with Crippen LogP contribution in [0.25, 0.3) is 0 Å². The first kappa shape index (κ1) is 18.9. The minimum absolute atomic E-state index is 0.195. The zero-order chi connectivity index (χ0) is 14.9. The van der Waals surface area contributed by atoms with E-state index in [1.807, 2.05) is 0 Å². The Morgan fingerprint density at radius 3 is 1.68 bits per heavy atom. The van der Waals surface area contributed by atoms with Crippen molar-refractivity contribution in [3.8, 4) is 0 Å². The number of rotatable bonds is 11. The molecule has 1 atom stereocenters. The van der Waals surface area contributed by atoms with E-state index in [9.17, 15) is 0 Å². The van der Waals surface area contributed by atoms with Crippen LogP contribution in [0.5, 0.6) is 0 Å². The van der Waals surface area contributed by atoms with Crippen LogP contribution in [-0.4, -0.2) is 29.6 Å². The topological polar surface area (TPSA) is 41.3 Å². The number of nitrogens with one attached hydrogen (secondary N) is 1. The van der Waals surface area contributed by atoms with E-state index in [2.05, 4.69) is 51.9 Å². The van der Waals surface area contributed by atoms with Crippen molar-refractivity contribution >= 4 is 0 Å². The summed E-state index contributed by atoms with van der Waals surface area (Å²) in [4.78, 5) is 2.60.